The maximum absolute atomic E-state index is 12.1. The van der Waals surface area contributed by atoms with Crippen molar-refractivity contribution in [3.8, 4) is 0 Å². The summed E-state index contributed by atoms with van der Waals surface area (Å²) in [5.41, 5.74) is 2.78. The molecule has 0 bridgehead atoms. The predicted octanol–water partition coefficient (Wildman–Crippen LogP) is 1.98. The molecule has 3 rings (SSSR count). The van der Waals surface area contributed by atoms with Gasteiger partial charge in [0.15, 0.2) is 0 Å². The molecule has 0 aliphatic rings. The molecule has 0 radical (unpaired) electrons. The minimum atomic E-state index is -1.10. The number of rotatable bonds is 6. The first-order valence-electron chi connectivity index (χ1n) is 7.88. The molecular weight excluding hydrogens is 318 g/mol. The van der Waals surface area contributed by atoms with E-state index in [9.17, 15) is 14.7 Å². The molecule has 25 heavy (non-hydrogen) atoms. The summed E-state index contributed by atoms with van der Waals surface area (Å²) in [6.45, 7) is 0. The SMILES string of the molecule is O=C(Cc1ccccc1)N[C@@H](Cc1cnc2ccccc2n1)C(=O)O. The van der Waals surface area contributed by atoms with E-state index in [0.717, 1.165) is 11.1 Å². The fraction of sp³-hybridized carbons (Fsp3) is 0.158. The molecule has 6 heteroatoms. The van der Waals surface area contributed by atoms with Crippen LogP contribution in [0, 0.1) is 0 Å². The van der Waals surface area contributed by atoms with Crippen molar-refractivity contribution >= 4 is 22.9 Å². The lowest BCUT2D eigenvalue weighted by molar-refractivity contribution is -0.141. The number of fused-ring (bicyclic) bond motifs is 1. The fourth-order valence-electron chi connectivity index (χ4n) is 2.53. The number of carbonyl (C=O) groups excluding carboxylic acids is 1. The normalized spacial score (nSPS) is 11.8. The Balaban J connectivity index is 1.70. The summed E-state index contributed by atoms with van der Waals surface area (Å²) in [5, 5.41) is 12.0. The van der Waals surface area contributed by atoms with E-state index in [0.29, 0.717) is 11.2 Å². The lowest BCUT2D eigenvalue weighted by Crippen LogP contribution is -2.43. The van der Waals surface area contributed by atoms with Gasteiger partial charge in [-0.3, -0.25) is 9.78 Å². The van der Waals surface area contributed by atoms with Gasteiger partial charge in [-0.25, -0.2) is 9.78 Å². The predicted molar refractivity (Wildman–Crippen MR) is 93.0 cm³/mol. The van der Waals surface area contributed by atoms with E-state index < -0.39 is 12.0 Å². The van der Waals surface area contributed by atoms with Crippen LogP contribution in [0.4, 0.5) is 0 Å². The summed E-state index contributed by atoms with van der Waals surface area (Å²) in [4.78, 5) is 32.3. The van der Waals surface area contributed by atoms with Gasteiger partial charge in [-0.1, -0.05) is 42.5 Å². The third-order valence-corrected chi connectivity index (χ3v) is 3.75. The second kappa shape index (κ2) is 7.53. The second-order valence-corrected chi connectivity index (χ2v) is 5.67. The molecule has 2 aromatic carbocycles. The van der Waals surface area contributed by atoms with Crippen LogP contribution < -0.4 is 5.32 Å². The minimum absolute atomic E-state index is 0.0771. The maximum Gasteiger partial charge on any atom is 0.326 e. The van der Waals surface area contributed by atoms with Gasteiger partial charge in [0.2, 0.25) is 5.91 Å². The van der Waals surface area contributed by atoms with Gasteiger partial charge >= 0.3 is 5.97 Å². The highest BCUT2D eigenvalue weighted by atomic mass is 16.4. The number of amides is 1. The first kappa shape index (κ1) is 16.6. The Morgan fingerprint density at radius 3 is 2.40 bits per heavy atom. The number of carboxylic acid groups (broad SMARTS) is 1. The summed E-state index contributed by atoms with van der Waals surface area (Å²) >= 11 is 0. The quantitative estimate of drug-likeness (QED) is 0.719. The number of carbonyl (C=O) groups is 2. The van der Waals surface area contributed by atoms with Gasteiger partial charge in [0, 0.05) is 12.6 Å². The summed E-state index contributed by atoms with van der Waals surface area (Å²) < 4.78 is 0. The molecule has 1 amide bonds. The smallest absolute Gasteiger partial charge is 0.326 e. The van der Waals surface area contributed by atoms with Crippen LogP contribution in [0.1, 0.15) is 11.3 Å². The third-order valence-electron chi connectivity index (χ3n) is 3.75. The summed E-state index contributed by atoms with van der Waals surface area (Å²) in [7, 11) is 0. The van der Waals surface area contributed by atoms with E-state index in [1.165, 1.54) is 0 Å². The van der Waals surface area contributed by atoms with E-state index in [-0.39, 0.29) is 18.7 Å². The van der Waals surface area contributed by atoms with E-state index >= 15 is 0 Å². The van der Waals surface area contributed by atoms with Crippen LogP contribution in [-0.2, 0) is 22.4 Å². The summed E-state index contributed by atoms with van der Waals surface area (Å²) in [5.74, 6) is -1.44. The molecule has 0 unspecified atom stereocenters. The van der Waals surface area contributed by atoms with Crippen molar-refractivity contribution in [3.63, 3.8) is 0 Å². The standard InChI is InChI=1S/C19H17N3O3/c23-18(10-13-6-2-1-3-7-13)22-17(19(24)25)11-14-12-20-15-8-4-5-9-16(15)21-14/h1-9,12,17H,10-11H2,(H,22,23)(H,24,25)/t17-/m0/s1. The molecule has 6 nitrogen and oxygen atoms in total. The molecular formula is C19H17N3O3. The lowest BCUT2D eigenvalue weighted by atomic mass is 10.1. The van der Waals surface area contributed by atoms with Gasteiger partial charge in [-0.15, -0.1) is 0 Å². The number of aliphatic carboxylic acids is 1. The van der Waals surface area contributed by atoms with Gasteiger partial charge in [-0.2, -0.15) is 0 Å². The number of aromatic nitrogens is 2. The molecule has 3 aromatic rings. The maximum atomic E-state index is 12.1. The lowest BCUT2D eigenvalue weighted by Gasteiger charge is -2.14. The molecule has 0 aliphatic carbocycles. The monoisotopic (exact) mass is 335 g/mol. The van der Waals surface area contributed by atoms with Crippen molar-refractivity contribution in [3.05, 3.63) is 72.1 Å². The summed E-state index contributed by atoms with van der Waals surface area (Å²) in [6.07, 6.45) is 1.75. The van der Waals surface area contributed by atoms with Crippen molar-refractivity contribution in [2.75, 3.05) is 0 Å². The average molecular weight is 335 g/mol. The zero-order valence-corrected chi connectivity index (χ0v) is 13.4. The average Bonchev–Trinajstić information content (AvgIpc) is 2.62. The Morgan fingerprint density at radius 1 is 1.00 bits per heavy atom. The Labute approximate surface area is 144 Å². The third kappa shape index (κ3) is 4.38. The van der Waals surface area contributed by atoms with Gasteiger partial charge in [0.25, 0.3) is 0 Å². The van der Waals surface area contributed by atoms with Crippen molar-refractivity contribution in [1.82, 2.24) is 15.3 Å². The highest BCUT2D eigenvalue weighted by molar-refractivity contribution is 5.85. The molecule has 0 spiro atoms. The van der Waals surface area contributed by atoms with Crippen LogP contribution >= 0.6 is 0 Å². The highest BCUT2D eigenvalue weighted by Gasteiger charge is 2.21. The first-order valence-corrected chi connectivity index (χ1v) is 7.88. The Morgan fingerprint density at radius 2 is 1.68 bits per heavy atom. The number of hydrogen-bond acceptors (Lipinski definition) is 4. The van der Waals surface area contributed by atoms with Crippen molar-refractivity contribution in [2.45, 2.75) is 18.9 Å². The Bertz CT molecular complexity index is 897. The first-order chi connectivity index (χ1) is 12.1. The molecule has 0 aliphatic heterocycles. The van der Waals surface area contributed by atoms with Crippen LogP contribution in [0.25, 0.3) is 11.0 Å². The zero-order valence-electron chi connectivity index (χ0n) is 13.4. The topological polar surface area (TPSA) is 92.2 Å². The van der Waals surface area contributed by atoms with Gasteiger partial charge < -0.3 is 10.4 Å². The number of carboxylic acids is 1. The van der Waals surface area contributed by atoms with Crippen LogP contribution in [0.5, 0.6) is 0 Å². The highest BCUT2D eigenvalue weighted by Crippen LogP contribution is 2.10. The number of para-hydroxylation sites is 2. The van der Waals surface area contributed by atoms with Crippen LogP contribution in [0.3, 0.4) is 0 Å². The fourth-order valence-corrected chi connectivity index (χ4v) is 2.53. The van der Waals surface area contributed by atoms with E-state index in [4.69, 9.17) is 0 Å². The van der Waals surface area contributed by atoms with Crippen molar-refractivity contribution in [1.29, 1.82) is 0 Å². The largest absolute Gasteiger partial charge is 0.480 e. The molecule has 1 atom stereocenters. The van der Waals surface area contributed by atoms with Crippen molar-refractivity contribution < 1.29 is 14.7 Å². The Hall–Kier alpha value is -3.28. The van der Waals surface area contributed by atoms with Crippen LogP contribution in [-0.4, -0.2) is 33.0 Å². The van der Waals surface area contributed by atoms with E-state index in [1.807, 2.05) is 54.6 Å². The molecule has 1 aromatic heterocycles. The minimum Gasteiger partial charge on any atom is -0.480 e. The second-order valence-electron chi connectivity index (χ2n) is 5.67. The van der Waals surface area contributed by atoms with Crippen LogP contribution in [0.15, 0.2) is 60.8 Å². The molecule has 126 valence electrons. The van der Waals surface area contributed by atoms with Crippen molar-refractivity contribution in [2.24, 2.45) is 0 Å². The zero-order chi connectivity index (χ0) is 17.6. The molecule has 0 saturated heterocycles. The number of benzene rings is 2. The van der Waals surface area contributed by atoms with E-state index in [2.05, 4.69) is 15.3 Å². The number of hydrogen-bond donors (Lipinski definition) is 2. The Kier molecular flexibility index (Phi) is 4.99. The molecule has 0 fully saturated rings. The molecule has 2 N–H and O–H groups in total. The summed E-state index contributed by atoms with van der Waals surface area (Å²) in [6, 6.07) is 15.5. The van der Waals surface area contributed by atoms with Crippen LogP contribution in [0.2, 0.25) is 0 Å². The number of nitrogens with one attached hydrogen (secondary N) is 1. The van der Waals surface area contributed by atoms with Gasteiger partial charge in [0.05, 0.1) is 23.1 Å². The van der Waals surface area contributed by atoms with E-state index in [1.54, 1.807) is 6.20 Å². The van der Waals surface area contributed by atoms with Gasteiger partial charge in [-0.05, 0) is 17.7 Å². The van der Waals surface area contributed by atoms with Gasteiger partial charge in [0.1, 0.15) is 6.04 Å². The molecule has 1 heterocycles. The number of nitrogens with zero attached hydrogens (tertiary/aromatic N) is 2. The molecule has 0 saturated carbocycles.